The van der Waals surface area contributed by atoms with Crippen molar-refractivity contribution < 1.29 is 33.4 Å². The van der Waals surface area contributed by atoms with Gasteiger partial charge in [0.05, 0.1) is 23.8 Å². The van der Waals surface area contributed by atoms with Crippen LogP contribution in [-0.4, -0.2) is 43.4 Å². The standard InChI is InChI=1S/C29H27NO7/c1-3-35-26-7-5-4-6-24(26)30-17-22(16-27(30)32)28(33)36-18-25(31)20-12-14-23(15-13-20)37-29(34)21-10-8-19(2)9-11-21/h4-15,22H,3,16-18H2,1-2H3/t22-/m0/s1. The van der Waals surface area contributed by atoms with Gasteiger partial charge in [-0.25, -0.2) is 4.79 Å². The molecule has 4 rings (SSSR count). The van der Waals surface area contributed by atoms with Crippen LogP contribution < -0.4 is 14.4 Å². The second-order valence-corrected chi connectivity index (χ2v) is 8.62. The monoisotopic (exact) mass is 501 g/mol. The lowest BCUT2D eigenvalue weighted by molar-refractivity contribution is -0.147. The first-order valence-electron chi connectivity index (χ1n) is 12.0. The lowest BCUT2D eigenvalue weighted by atomic mass is 10.1. The van der Waals surface area contributed by atoms with Crippen LogP contribution in [0.2, 0.25) is 0 Å². The number of carbonyl (C=O) groups excluding carboxylic acids is 4. The molecular formula is C29H27NO7. The molecule has 1 aliphatic rings. The molecule has 1 aliphatic heterocycles. The van der Waals surface area contributed by atoms with Crippen molar-refractivity contribution in [3.63, 3.8) is 0 Å². The molecular weight excluding hydrogens is 474 g/mol. The molecule has 0 saturated carbocycles. The third kappa shape index (κ3) is 6.22. The van der Waals surface area contributed by atoms with Crippen molar-refractivity contribution in [3.8, 4) is 11.5 Å². The van der Waals surface area contributed by atoms with Gasteiger partial charge < -0.3 is 19.1 Å². The predicted octanol–water partition coefficient (Wildman–Crippen LogP) is 4.39. The Morgan fingerprint density at radius 1 is 0.919 bits per heavy atom. The molecule has 1 amide bonds. The number of esters is 2. The molecule has 3 aromatic rings. The van der Waals surface area contributed by atoms with E-state index in [0.29, 0.717) is 29.2 Å². The molecule has 37 heavy (non-hydrogen) atoms. The molecule has 0 radical (unpaired) electrons. The van der Waals surface area contributed by atoms with Gasteiger partial charge in [-0.15, -0.1) is 0 Å². The van der Waals surface area contributed by atoms with E-state index in [0.717, 1.165) is 5.56 Å². The van der Waals surface area contributed by atoms with E-state index in [1.54, 1.807) is 30.3 Å². The summed E-state index contributed by atoms with van der Waals surface area (Å²) < 4.78 is 16.2. The molecule has 1 atom stereocenters. The smallest absolute Gasteiger partial charge is 0.343 e. The third-order valence-corrected chi connectivity index (χ3v) is 5.93. The van der Waals surface area contributed by atoms with E-state index >= 15 is 0 Å². The number of carbonyl (C=O) groups is 4. The van der Waals surface area contributed by atoms with Gasteiger partial charge in [0.25, 0.3) is 0 Å². The summed E-state index contributed by atoms with van der Waals surface area (Å²) in [5.74, 6) is -1.56. The number of rotatable bonds is 9. The first-order valence-corrected chi connectivity index (χ1v) is 12.0. The first-order chi connectivity index (χ1) is 17.9. The van der Waals surface area contributed by atoms with Gasteiger partial charge in [0.15, 0.2) is 12.4 Å². The summed E-state index contributed by atoms with van der Waals surface area (Å²) in [7, 11) is 0. The van der Waals surface area contributed by atoms with Crippen molar-refractivity contribution >= 4 is 29.3 Å². The van der Waals surface area contributed by atoms with Crippen molar-refractivity contribution in [3.05, 3.63) is 89.5 Å². The Labute approximate surface area is 214 Å². The zero-order chi connectivity index (χ0) is 26.4. The summed E-state index contributed by atoms with van der Waals surface area (Å²) in [5.41, 5.74) is 2.36. The van der Waals surface area contributed by atoms with Crippen molar-refractivity contribution in [1.82, 2.24) is 0 Å². The van der Waals surface area contributed by atoms with Crippen LogP contribution in [0.3, 0.4) is 0 Å². The topological polar surface area (TPSA) is 99.2 Å². The summed E-state index contributed by atoms with van der Waals surface area (Å²) in [4.78, 5) is 51.5. The number of nitrogens with zero attached hydrogens (tertiary/aromatic N) is 1. The highest BCUT2D eigenvalue weighted by Crippen LogP contribution is 2.33. The van der Waals surface area contributed by atoms with Crippen LogP contribution in [0.15, 0.2) is 72.8 Å². The molecule has 0 aliphatic carbocycles. The second-order valence-electron chi connectivity index (χ2n) is 8.62. The SMILES string of the molecule is CCOc1ccccc1N1C[C@@H](C(=O)OCC(=O)c2ccc(OC(=O)c3ccc(C)cc3)cc2)CC1=O. The number of aryl methyl sites for hydroxylation is 1. The van der Waals surface area contributed by atoms with Gasteiger partial charge in [0.2, 0.25) is 5.91 Å². The molecule has 1 fully saturated rings. The Hall–Kier alpha value is -4.46. The molecule has 0 N–H and O–H groups in total. The molecule has 0 unspecified atom stereocenters. The summed E-state index contributed by atoms with van der Waals surface area (Å²) in [6.07, 6.45) is -0.00543. The van der Waals surface area contributed by atoms with Gasteiger partial charge >= 0.3 is 11.9 Å². The normalized spacial score (nSPS) is 14.8. The molecule has 0 aromatic heterocycles. The van der Waals surface area contributed by atoms with Gasteiger partial charge in [-0.05, 0) is 62.4 Å². The van der Waals surface area contributed by atoms with Gasteiger partial charge in [-0.2, -0.15) is 0 Å². The number of ether oxygens (including phenoxy) is 3. The summed E-state index contributed by atoms with van der Waals surface area (Å²) in [6.45, 7) is 3.92. The van der Waals surface area contributed by atoms with E-state index in [9.17, 15) is 19.2 Å². The van der Waals surface area contributed by atoms with E-state index < -0.39 is 30.2 Å². The third-order valence-electron chi connectivity index (χ3n) is 5.93. The van der Waals surface area contributed by atoms with Gasteiger partial charge in [-0.1, -0.05) is 29.8 Å². The van der Waals surface area contributed by atoms with Gasteiger partial charge in [0.1, 0.15) is 11.5 Å². The van der Waals surface area contributed by atoms with Crippen molar-refractivity contribution in [2.75, 3.05) is 24.7 Å². The van der Waals surface area contributed by atoms with E-state index in [1.807, 2.05) is 32.0 Å². The zero-order valence-electron chi connectivity index (χ0n) is 20.6. The van der Waals surface area contributed by atoms with E-state index in [4.69, 9.17) is 14.2 Å². The Morgan fingerprint density at radius 3 is 2.30 bits per heavy atom. The van der Waals surface area contributed by atoms with E-state index in [2.05, 4.69) is 0 Å². The predicted molar refractivity (Wildman–Crippen MR) is 136 cm³/mol. The van der Waals surface area contributed by atoms with Crippen LogP contribution in [0.1, 0.15) is 39.6 Å². The van der Waals surface area contributed by atoms with E-state index in [-0.39, 0.29) is 24.6 Å². The Balaban J connectivity index is 1.30. The minimum atomic E-state index is -0.682. The quantitative estimate of drug-likeness (QED) is 0.244. The Bertz CT molecular complexity index is 1300. The number of hydrogen-bond donors (Lipinski definition) is 0. The zero-order valence-corrected chi connectivity index (χ0v) is 20.6. The summed E-state index contributed by atoms with van der Waals surface area (Å²) in [6, 6.07) is 20.1. The average Bonchev–Trinajstić information content (AvgIpc) is 3.29. The van der Waals surface area contributed by atoms with Crippen LogP contribution in [0, 0.1) is 12.8 Å². The number of benzene rings is 3. The highest BCUT2D eigenvalue weighted by atomic mass is 16.5. The fourth-order valence-corrected chi connectivity index (χ4v) is 3.96. The maximum atomic E-state index is 12.6. The lowest BCUT2D eigenvalue weighted by Gasteiger charge is -2.19. The molecule has 0 spiro atoms. The fraction of sp³-hybridized carbons (Fsp3) is 0.241. The number of para-hydroxylation sites is 2. The number of ketones is 1. The highest BCUT2D eigenvalue weighted by Gasteiger charge is 2.37. The molecule has 8 heteroatoms. The van der Waals surface area contributed by atoms with Crippen molar-refractivity contribution in [2.45, 2.75) is 20.3 Å². The Kier molecular flexibility index (Phi) is 7.98. The van der Waals surface area contributed by atoms with Crippen LogP contribution in [0.4, 0.5) is 5.69 Å². The minimum absolute atomic E-state index is 0.00543. The van der Waals surface area contributed by atoms with Gasteiger partial charge in [-0.3, -0.25) is 14.4 Å². The van der Waals surface area contributed by atoms with Crippen molar-refractivity contribution in [1.29, 1.82) is 0 Å². The molecule has 8 nitrogen and oxygen atoms in total. The average molecular weight is 502 g/mol. The van der Waals surface area contributed by atoms with Crippen molar-refractivity contribution in [2.24, 2.45) is 5.92 Å². The van der Waals surface area contributed by atoms with Crippen LogP contribution in [0.25, 0.3) is 0 Å². The largest absolute Gasteiger partial charge is 0.492 e. The number of Topliss-reactive ketones (excluding diaryl/α,β-unsaturated/α-hetero) is 1. The summed E-state index contributed by atoms with van der Waals surface area (Å²) >= 11 is 0. The minimum Gasteiger partial charge on any atom is -0.492 e. The molecule has 3 aromatic carbocycles. The molecule has 0 bridgehead atoms. The highest BCUT2D eigenvalue weighted by molar-refractivity contribution is 6.01. The maximum Gasteiger partial charge on any atom is 0.343 e. The van der Waals surface area contributed by atoms with E-state index in [1.165, 1.54) is 29.2 Å². The molecule has 190 valence electrons. The molecule has 1 heterocycles. The van der Waals surface area contributed by atoms with Crippen LogP contribution in [0.5, 0.6) is 11.5 Å². The maximum absolute atomic E-state index is 12.6. The number of anilines is 1. The fourth-order valence-electron chi connectivity index (χ4n) is 3.96. The van der Waals surface area contributed by atoms with Crippen LogP contribution in [-0.2, 0) is 14.3 Å². The number of hydrogen-bond acceptors (Lipinski definition) is 7. The second kappa shape index (κ2) is 11.5. The van der Waals surface area contributed by atoms with Gasteiger partial charge in [0, 0.05) is 18.5 Å². The molecule has 1 saturated heterocycles. The Morgan fingerprint density at radius 2 is 1.59 bits per heavy atom. The first kappa shape index (κ1) is 25.6. The number of amides is 1. The lowest BCUT2D eigenvalue weighted by Crippen LogP contribution is -2.27. The van der Waals surface area contributed by atoms with Crippen LogP contribution >= 0.6 is 0 Å². The summed E-state index contributed by atoms with van der Waals surface area (Å²) in [5, 5.41) is 0.